The van der Waals surface area contributed by atoms with Gasteiger partial charge in [-0.15, -0.1) is 23.2 Å². The van der Waals surface area contributed by atoms with Crippen molar-refractivity contribution in [3.05, 3.63) is 138 Å². The fourth-order valence-corrected chi connectivity index (χ4v) is 8.51. The number of halogens is 2. The Hall–Kier alpha value is -4.65. The van der Waals surface area contributed by atoms with Crippen molar-refractivity contribution in [3.8, 4) is 11.5 Å². The van der Waals surface area contributed by atoms with Gasteiger partial charge in [0.15, 0.2) is 0 Å². The van der Waals surface area contributed by atoms with E-state index in [4.69, 9.17) is 27.9 Å². The maximum Gasteiger partial charge on any atom is 0.247 e. The van der Waals surface area contributed by atoms with E-state index in [1.54, 1.807) is 31.2 Å². The molecule has 222 valence electrons. The van der Waals surface area contributed by atoms with Gasteiger partial charge >= 0.3 is 0 Å². The van der Waals surface area contributed by atoms with Crippen LogP contribution in [0.25, 0.3) is 10.8 Å². The molecule has 1 saturated heterocycles. The van der Waals surface area contributed by atoms with E-state index in [1.165, 1.54) is 0 Å². The van der Waals surface area contributed by atoms with Crippen molar-refractivity contribution in [1.29, 1.82) is 0 Å². The Bertz CT molecular complexity index is 1940. The van der Waals surface area contributed by atoms with E-state index in [0.29, 0.717) is 39.4 Å². The average Bonchev–Trinajstić information content (AvgIpc) is 3.34. The van der Waals surface area contributed by atoms with Crippen molar-refractivity contribution in [1.82, 2.24) is 4.90 Å². The number of amides is 3. The van der Waals surface area contributed by atoms with Gasteiger partial charge in [-0.25, -0.2) is 0 Å². The number of likely N-dealkylation sites (tertiary alicyclic amines) is 1. The molecule has 0 saturated carbocycles. The Morgan fingerprint density at radius 2 is 1.16 bits per heavy atom. The zero-order valence-electron chi connectivity index (χ0n) is 24.0. The molecule has 5 aromatic rings. The minimum absolute atomic E-state index is 0.497. The predicted octanol–water partition coefficient (Wildman–Crippen LogP) is 7.55. The van der Waals surface area contributed by atoms with Gasteiger partial charge in [0.25, 0.3) is 0 Å². The Labute approximate surface area is 269 Å². The number of imide groups is 1. The zero-order valence-corrected chi connectivity index (χ0v) is 25.5. The van der Waals surface area contributed by atoms with Crippen LogP contribution in [0.1, 0.15) is 29.2 Å². The largest absolute Gasteiger partial charge is 0.457 e. The maximum absolute atomic E-state index is 14.2. The summed E-state index contributed by atoms with van der Waals surface area (Å²) in [6, 6.07) is 34.6. The molecule has 1 aliphatic heterocycles. The summed E-state index contributed by atoms with van der Waals surface area (Å²) >= 11 is 15.0. The standard InChI is InChI=1S/C37H26Cl2N2O4/c1-21(33(42)40-24-15-18-25(19-16-24)45-26-17-14-22-8-2-3-9-23(22)20-26)41-34(43)31-32(35(41)44)37(39)28-11-5-4-10-27(28)36(31,38)29-12-6-7-13-30(29)37/h2-21,31-32H,1H3,(H,40,42)/t21-,31+,32+,36?,37?/m1/s1. The first kappa shape index (κ1) is 27.9. The van der Waals surface area contributed by atoms with Crippen molar-refractivity contribution in [2.75, 3.05) is 5.32 Å². The number of ether oxygens (including phenoxy) is 1. The average molecular weight is 634 g/mol. The van der Waals surface area contributed by atoms with Crippen LogP contribution in [0.2, 0.25) is 0 Å². The number of alkyl halides is 2. The number of fused-ring (bicyclic) bond motifs is 1. The molecule has 1 fully saturated rings. The number of carbonyl (C=O) groups is 3. The van der Waals surface area contributed by atoms with Crippen molar-refractivity contribution in [2.45, 2.75) is 22.7 Å². The van der Waals surface area contributed by atoms with Crippen LogP contribution in [0, 0.1) is 11.8 Å². The molecular weight excluding hydrogens is 607 g/mol. The quantitative estimate of drug-likeness (QED) is 0.160. The Morgan fingerprint density at radius 3 is 1.69 bits per heavy atom. The second kappa shape index (κ2) is 9.93. The minimum atomic E-state index is -1.30. The number of benzene rings is 5. The van der Waals surface area contributed by atoms with Crippen molar-refractivity contribution < 1.29 is 19.1 Å². The third-order valence-corrected chi connectivity index (χ3v) is 10.7. The van der Waals surface area contributed by atoms with Crippen molar-refractivity contribution in [2.24, 2.45) is 11.8 Å². The molecule has 8 heteroatoms. The predicted molar refractivity (Wildman–Crippen MR) is 174 cm³/mol. The smallest absolute Gasteiger partial charge is 0.247 e. The van der Waals surface area contributed by atoms with Crippen LogP contribution in [-0.2, 0) is 24.1 Å². The second-order valence-electron chi connectivity index (χ2n) is 11.8. The minimum Gasteiger partial charge on any atom is -0.457 e. The molecule has 45 heavy (non-hydrogen) atoms. The van der Waals surface area contributed by atoms with E-state index >= 15 is 0 Å². The van der Waals surface area contributed by atoms with Gasteiger partial charge in [-0.3, -0.25) is 19.3 Å². The molecule has 0 aromatic heterocycles. The van der Waals surface area contributed by atoms with E-state index in [9.17, 15) is 14.4 Å². The number of anilines is 1. The molecule has 3 aliphatic carbocycles. The summed E-state index contributed by atoms with van der Waals surface area (Å²) in [6.45, 7) is 1.55. The van der Waals surface area contributed by atoms with Gasteiger partial charge in [-0.05, 0) is 76.3 Å². The Kier molecular flexibility index (Phi) is 6.15. The second-order valence-corrected chi connectivity index (χ2v) is 13.0. The summed E-state index contributed by atoms with van der Waals surface area (Å²) in [5, 5.41) is 5.03. The molecule has 0 radical (unpaired) electrons. The van der Waals surface area contributed by atoms with Gasteiger partial charge in [0.05, 0.1) is 11.8 Å². The van der Waals surface area contributed by atoms with Crippen molar-refractivity contribution in [3.63, 3.8) is 0 Å². The summed E-state index contributed by atoms with van der Waals surface area (Å²) in [7, 11) is 0. The first-order valence-electron chi connectivity index (χ1n) is 14.7. The van der Waals surface area contributed by atoms with E-state index in [1.807, 2.05) is 91.0 Å². The number of carbonyl (C=O) groups excluding carboxylic acids is 3. The molecule has 1 heterocycles. The van der Waals surface area contributed by atoms with E-state index in [-0.39, 0.29) is 0 Å². The third-order valence-electron chi connectivity index (χ3n) is 9.46. The third kappa shape index (κ3) is 3.85. The first-order valence-corrected chi connectivity index (χ1v) is 15.5. The molecule has 3 amide bonds. The zero-order chi connectivity index (χ0) is 31.1. The molecule has 3 atom stereocenters. The molecule has 0 unspecified atom stereocenters. The lowest BCUT2D eigenvalue weighted by Crippen LogP contribution is -2.57. The molecule has 2 bridgehead atoms. The van der Waals surface area contributed by atoms with E-state index < -0.39 is 45.3 Å². The number of rotatable bonds is 5. The first-order chi connectivity index (χ1) is 21.7. The molecule has 4 aliphatic rings. The number of nitrogens with one attached hydrogen (secondary N) is 1. The molecule has 0 spiro atoms. The normalized spacial score (nSPS) is 25.0. The maximum atomic E-state index is 14.2. The Morgan fingerprint density at radius 1 is 0.689 bits per heavy atom. The van der Waals surface area contributed by atoms with Gasteiger partial charge in [0, 0.05) is 5.69 Å². The summed E-state index contributed by atoms with van der Waals surface area (Å²) in [6.07, 6.45) is 0. The topological polar surface area (TPSA) is 75.7 Å². The van der Waals surface area contributed by atoms with E-state index in [0.717, 1.165) is 15.7 Å². The highest BCUT2D eigenvalue weighted by molar-refractivity contribution is 6.36. The van der Waals surface area contributed by atoms with Crippen LogP contribution in [0.5, 0.6) is 11.5 Å². The highest BCUT2D eigenvalue weighted by Gasteiger charge is 2.73. The van der Waals surface area contributed by atoms with Gasteiger partial charge in [-0.1, -0.05) is 78.9 Å². The summed E-state index contributed by atoms with van der Waals surface area (Å²) in [4.78, 5) is 40.3. The van der Waals surface area contributed by atoms with Crippen LogP contribution in [0.3, 0.4) is 0 Å². The fourth-order valence-electron chi connectivity index (χ4n) is 7.41. The monoisotopic (exact) mass is 632 g/mol. The molecule has 9 rings (SSSR count). The van der Waals surface area contributed by atoms with Gasteiger partial charge < -0.3 is 10.1 Å². The van der Waals surface area contributed by atoms with Crippen LogP contribution >= 0.6 is 23.2 Å². The highest BCUT2D eigenvalue weighted by atomic mass is 35.5. The fraction of sp³-hybridized carbons (Fsp3) is 0.162. The van der Waals surface area contributed by atoms with Crippen molar-refractivity contribution >= 4 is 57.4 Å². The van der Waals surface area contributed by atoms with Gasteiger partial charge in [0.1, 0.15) is 27.3 Å². The van der Waals surface area contributed by atoms with Crippen LogP contribution in [-0.4, -0.2) is 28.7 Å². The lowest BCUT2D eigenvalue weighted by atomic mass is 9.54. The molecular formula is C37H26Cl2N2O4. The molecule has 5 aromatic carbocycles. The number of nitrogens with zero attached hydrogens (tertiary/aromatic N) is 1. The van der Waals surface area contributed by atoms with Gasteiger partial charge in [0.2, 0.25) is 17.7 Å². The van der Waals surface area contributed by atoms with E-state index in [2.05, 4.69) is 5.32 Å². The number of hydrogen-bond donors (Lipinski definition) is 1. The lowest BCUT2D eigenvalue weighted by molar-refractivity contribution is -0.146. The SMILES string of the molecule is C[C@H](C(=O)Nc1ccc(Oc2ccc3ccccc3c2)cc1)N1C(=O)[C@@H]2[C@@H](C1=O)C1(Cl)c3ccccc3C2(Cl)c2ccccc21. The summed E-state index contributed by atoms with van der Waals surface area (Å²) < 4.78 is 6.02. The van der Waals surface area contributed by atoms with Crippen LogP contribution < -0.4 is 10.1 Å². The van der Waals surface area contributed by atoms with Crippen LogP contribution in [0.4, 0.5) is 5.69 Å². The van der Waals surface area contributed by atoms with Gasteiger partial charge in [-0.2, -0.15) is 0 Å². The highest BCUT2D eigenvalue weighted by Crippen LogP contribution is 2.69. The molecule has 1 N–H and O–H groups in total. The summed E-state index contributed by atoms with van der Waals surface area (Å²) in [5.74, 6) is -2.15. The number of hydrogen-bond acceptors (Lipinski definition) is 4. The summed E-state index contributed by atoms with van der Waals surface area (Å²) in [5.41, 5.74) is 3.36. The lowest BCUT2D eigenvalue weighted by Gasteiger charge is -2.54. The Balaban J connectivity index is 1.05. The van der Waals surface area contributed by atoms with Crippen LogP contribution in [0.15, 0.2) is 115 Å². The molecule has 6 nitrogen and oxygen atoms in total.